The lowest BCUT2D eigenvalue weighted by Crippen LogP contribution is -2.20. The minimum atomic E-state index is -0.00584. The van der Waals surface area contributed by atoms with Gasteiger partial charge in [0.1, 0.15) is 17.3 Å². The van der Waals surface area contributed by atoms with Crippen LogP contribution >= 0.6 is 0 Å². The van der Waals surface area contributed by atoms with Gasteiger partial charge >= 0.3 is 0 Å². The van der Waals surface area contributed by atoms with E-state index in [0.717, 1.165) is 28.4 Å². The summed E-state index contributed by atoms with van der Waals surface area (Å²) in [6, 6.07) is 7.81. The molecule has 1 N–H and O–H groups in total. The average Bonchev–Trinajstić information content (AvgIpc) is 2.82. The number of amides is 1. The first-order valence-electron chi connectivity index (χ1n) is 7.62. The van der Waals surface area contributed by atoms with E-state index in [9.17, 15) is 4.79 Å². The van der Waals surface area contributed by atoms with Crippen molar-refractivity contribution in [2.45, 2.75) is 25.8 Å². The summed E-state index contributed by atoms with van der Waals surface area (Å²) in [6.07, 6.45) is 2.74. The van der Waals surface area contributed by atoms with Crippen LogP contribution < -0.4 is 14.9 Å². The molecule has 1 aromatic heterocycles. The van der Waals surface area contributed by atoms with E-state index >= 15 is 0 Å². The monoisotopic (exact) mass is 311 g/mol. The van der Waals surface area contributed by atoms with Gasteiger partial charge in [0.25, 0.3) is 0 Å². The Morgan fingerprint density at radius 1 is 1.35 bits per heavy atom. The fourth-order valence-electron chi connectivity index (χ4n) is 2.91. The van der Waals surface area contributed by atoms with E-state index in [2.05, 4.69) is 17.2 Å². The minimum Gasteiger partial charge on any atom is -0.457 e. The number of ether oxygens (including phenoxy) is 1. The summed E-state index contributed by atoms with van der Waals surface area (Å²) in [7, 11) is 1.91. The molecule has 1 aromatic carbocycles. The van der Waals surface area contributed by atoms with Crippen LogP contribution in [0.1, 0.15) is 30.5 Å². The van der Waals surface area contributed by atoms with Crippen molar-refractivity contribution in [2.24, 2.45) is 0 Å². The molecule has 0 fully saturated rings. The molecule has 118 valence electrons. The van der Waals surface area contributed by atoms with Gasteiger partial charge in [-0.25, -0.2) is 4.98 Å². The fraction of sp³-hybridized carbons (Fsp3) is 0.294. The van der Waals surface area contributed by atoms with Crippen molar-refractivity contribution in [3.63, 3.8) is 0 Å². The van der Waals surface area contributed by atoms with Gasteiger partial charge in [0, 0.05) is 30.8 Å². The molecular weight excluding hydrogens is 294 g/mol. The Hall–Kier alpha value is -2.60. The highest BCUT2D eigenvalue weighted by Gasteiger charge is 2.27. The lowest BCUT2D eigenvalue weighted by molar-refractivity contribution is -0.116. The van der Waals surface area contributed by atoms with Crippen molar-refractivity contribution in [1.29, 1.82) is 0 Å². The van der Waals surface area contributed by atoms with E-state index in [0.29, 0.717) is 18.7 Å². The topological polar surface area (TPSA) is 63.7 Å². The number of rotatable bonds is 2. The number of aromatic nitrogens is 1. The zero-order chi connectivity index (χ0) is 16.0. The Balaban J connectivity index is 1.65. The van der Waals surface area contributed by atoms with E-state index < -0.39 is 0 Å². The second kappa shape index (κ2) is 5.24. The molecule has 6 nitrogen and oxygen atoms in total. The van der Waals surface area contributed by atoms with Crippen LogP contribution in [0.4, 0.5) is 5.82 Å². The van der Waals surface area contributed by atoms with E-state index in [4.69, 9.17) is 9.57 Å². The fourth-order valence-corrected chi connectivity index (χ4v) is 2.91. The second-order valence-electron chi connectivity index (χ2n) is 5.80. The van der Waals surface area contributed by atoms with Gasteiger partial charge in [-0.05, 0) is 37.6 Å². The number of hydroxylamine groups is 2. The standard InChI is InChI=1S/C17H17N3O3/c1-10-13-9-11(3-5-15(13)23-20(10)2)22-14-7-8-18-17-12(14)4-6-16(21)19-17/h3,5,7-10H,4,6H2,1-2H3,(H,18,19,21). The number of hydrogen-bond acceptors (Lipinski definition) is 5. The number of carbonyl (C=O) groups excluding carboxylic acids is 1. The highest BCUT2D eigenvalue weighted by Crippen LogP contribution is 2.40. The summed E-state index contributed by atoms with van der Waals surface area (Å²) >= 11 is 0. The quantitative estimate of drug-likeness (QED) is 0.923. The Bertz CT molecular complexity index is 791. The summed E-state index contributed by atoms with van der Waals surface area (Å²) in [5.41, 5.74) is 2.04. The maximum absolute atomic E-state index is 11.5. The molecule has 1 atom stereocenters. The highest BCUT2D eigenvalue weighted by molar-refractivity contribution is 5.93. The van der Waals surface area contributed by atoms with Crippen molar-refractivity contribution in [2.75, 3.05) is 12.4 Å². The van der Waals surface area contributed by atoms with Crippen molar-refractivity contribution in [1.82, 2.24) is 10.0 Å². The first kappa shape index (κ1) is 14.0. The molecule has 0 saturated heterocycles. The Labute approximate surface area is 134 Å². The van der Waals surface area contributed by atoms with Crippen molar-refractivity contribution in [3.8, 4) is 17.2 Å². The lowest BCUT2D eigenvalue weighted by Gasteiger charge is -2.19. The zero-order valence-electron chi connectivity index (χ0n) is 13.0. The largest absolute Gasteiger partial charge is 0.457 e. The van der Waals surface area contributed by atoms with Gasteiger partial charge in [0.15, 0.2) is 5.75 Å². The first-order chi connectivity index (χ1) is 11.1. The number of fused-ring (bicyclic) bond motifs is 2. The molecule has 23 heavy (non-hydrogen) atoms. The normalized spacial score (nSPS) is 19.6. The molecule has 0 radical (unpaired) electrons. The van der Waals surface area contributed by atoms with Crippen LogP contribution in [0, 0.1) is 0 Å². The molecule has 0 bridgehead atoms. The van der Waals surface area contributed by atoms with Crippen molar-refractivity contribution in [3.05, 3.63) is 41.6 Å². The molecule has 4 rings (SSSR count). The number of nitrogens with zero attached hydrogens (tertiary/aromatic N) is 2. The van der Waals surface area contributed by atoms with Crippen molar-refractivity contribution < 1.29 is 14.4 Å². The predicted octanol–water partition coefficient (Wildman–Crippen LogP) is 3.06. The van der Waals surface area contributed by atoms with Crippen molar-refractivity contribution >= 4 is 11.7 Å². The predicted molar refractivity (Wildman–Crippen MR) is 84.5 cm³/mol. The van der Waals surface area contributed by atoms with Gasteiger partial charge in [0.2, 0.25) is 5.91 Å². The van der Waals surface area contributed by atoms with Crippen LogP contribution in [0.3, 0.4) is 0 Å². The van der Waals surface area contributed by atoms with Gasteiger partial charge in [0.05, 0.1) is 6.04 Å². The molecule has 0 spiro atoms. The Morgan fingerprint density at radius 2 is 2.22 bits per heavy atom. The second-order valence-corrected chi connectivity index (χ2v) is 5.80. The third-order valence-electron chi connectivity index (χ3n) is 4.32. The average molecular weight is 311 g/mol. The number of pyridine rings is 1. The van der Waals surface area contributed by atoms with Gasteiger partial charge in [-0.15, -0.1) is 5.06 Å². The summed E-state index contributed by atoms with van der Waals surface area (Å²) < 4.78 is 6.06. The molecule has 2 aliphatic rings. The maximum Gasteiger partial charge on any atom is 0.225 e. The smallest absolute Gasteiger partial charge is 0.225 e. The van der Waals surface area contributed by atoms with Crippen LogP contribution in [-0.4, -0.2) is 23.0 Å². The van der Waals surface area contributed by atoms with E-state index in [-0.39, 0.29) is 11.9 Å². The minimum absolute atomic E-state index is 0.00584. The molecule has 1 amide bonds. The number of hydrogen-bond donors (Lipinski definition) is 1. The van der Waals surface area contributed by atoms with Crippen LogP contribution in [0.25, 0.3) is 0 Å². The van der Waals surface area contributed by atoms with Gasteiger partial charge in [-0.2, -0.15) is 0 Å². The van der Waals surface area contributed by atoms with E-state index in [1.54, 1.807) is 6.20 Å². The van der Waals surface area contributed by atoms with Gasteiger partial charge < -0.3 is 14.9 Å². The van der Waals surface area contributed by atoms with Crippen LogP contribution in [-0.2, 0) is 11.2 Å². The molecule has 2 aliphatic heterocycles. The number of anilines is 1. The van der Waals surface area contributed by atoms with Gasteiger partial charge in [-0.3, -0.25) is 4.79 Å². The molecular formula is C17H17N3O3. The molecule has 0 aliphatic carbocycles. The molecule has 6 heteroatoms. The van der Waals surface area contributed by atoms with Crippen LogP contribution in [0.15, 0.2) is 30.5 Å². The summed E-state index contributed by atoms with van der Waals surface area (Å²) in [4.78, 5) is 21.3. The molecule has 1 unspecified atom stereocenters. The van der Waals surface area contributed by atoms with Gasteiger partial charge in [-0.1, -0.05) is 0 Å². The summed E-state index contributed by atoms with van der Waals surface area (Å²) in [5, 5.41) is 4.60. The van der Waals surface area contributed by atoms with E-state index in [1.807, 2.05) is 36.4 Å². The van der Waals surface area contributed by atoms with E-state index in [1.165, 1.54) is 0 Å². The SMILES string of the molecule is CC1c2cc(Oc3ccnc4c3CCC(=O)N4)ccc2ON1C. The number of benzene rings is 1. The number of carbonyl (C=O) groups is 1. The molecule has 0 saturated carbocycles. The molecule has 3 heterocycles. The number of nitrogens with one attached hydrogen (secondary N) is 1. The highest BCUT2D eigenvalue weighted by atomic mass is 16.7. The third-order valence-corrected chi connectivity index (χ3v) is 4.32. The Kier molecular flexibility index (Phi) is 3.20. The lowest BCUT2D eigenvalue weighted by atomic mass is 10.1. The Morgan fingerprint density at radius 3 is 3.09 bits per heavy atom. The van der Waals surface area contributed by atoms with Crippen LogP contribution in [0.2, 0.25) is 0 Å². The summed E-state index contributed by atoms with van der Waals surface area (Å²) in [5.74, 6) is 2.93. The zero-order valence-corrected chi connectivity index (χ0v) is 13.0. The molecule has 2 aromatic rings. The van der Waals surface area contributed by atoms with Crippen LogP contribution in [0.5, 0.6) is 17.2 Å². The summed E-state index contributed by atoms with van der Waals surface area (Å²) in [6.45, 7) is 2.08. The maximum atomic E-state index is 11.5. The first-order valence-corrected chi connectivity index (χ1v) is 7.62. The third kappa shape index (κ3) is 2.41.